The quantitative estimate of drug-likeness (QED) is 0.767. The molecule has 0 saturated heterocycles. The zero-order chi connectivity index (χ0) is 10.9. The minimum atomic E-state index is 0.363. The Morgan fingerprint density at radius 2 is 2.07 bits per heavy atom. The molecule has 2 nitrogen and oxygen atoms in total. The fourth-order valence-electron chi connectivity index (χ4n) is 2.73. The van der Waals surface area contributed by atoms with Crippen molar-refractivity contribution in [3.63, 3.8) is 0 Å². The average Bonchev–Trinajstić information content (AvgIpc) is 2.83. The third-order valence-electron chi connectivity index (χ3n) is 4.15. The topological polar surface area (TPSA) is 35.8 Å². The van der Waals surface area contributed by atoms with Gasteiger partial charge in [-0.3, -0.25) is 0 Å². The van der Waals surface area contributed by atoms with E-state index < -0.39 is 0 Å². The summed E-state index contributed by atoms with van der Waals surface area (Å²) >= 11 is 0. The number of nitriles is 1. The van der Waals surface area contributed by atoms with E-state index >= 15 is 0 Å². The summed E-state index contributed by atoms with van der Waals surface area (Å²) in [5, 5.41) is 12.4. The van der Waals surface area contributed by atoms with Gasteiger partial charge in [-0.2, -0.15) is 5.26 Å². The average molecular weight is 206 g/mol. The molecule has 84 valence electrons. The first-order chi connectivity index (χ1) is 7.05. The van der Waals surface area contributed by atoms with Crippen LogP contribution in [0.15, 0.2) is 0 Å². The Labute approximate surface area is 93.0 Å². The number of hydrogen-bond donors (Lipinski definition) is 1. The van der Waals surface area contributed by atoms with E-state index in [1.54, 1.807) is 0 Å². The van der Waals surface area contributed by atoms with E-state index in [2.05, 4.69) is 25.2 Å². The maximum absolute atomic E-state index is 8.74. The van der Waals surface area contributed by atoms with Crippen LogP contribution in [0.3, 0.4) is 0 Å². The molecular weight excluding hydrogens is 184 g/mol. The van der Waals surface area contributed by atoms with Crippen LogP contribution in [0, 0.1) is 22.2 Å². The van der Waals surface area contributed by atoms with Crippen molar-refractivity contribution < 1.29 is 0 Å². The molecular formula is C13H22N2. The molecule has 0 amide bonds. The molecule has 2 heteroatoms. The third kappa shape index (κ3) is 2.72. The van der Waals surface area contributed by atoms with E-state index in [1.807, 2.05) is 0 Å². The second-order valence-electron chi connectivity index (χ2n) is 6.32. The maximum atomic E-state index is 8.74. The van der Waals surface area contributed by atoms with Gasteiger partial charge in [-0.25, -0.2) is 0 Å². The molecule has 0 aromatic carbocycles. The van der Waals surface area contributed by atoms with E-state index in [-0.39, 0.29) is 0 Å². The monoisotopic (exact) mass is 206 g/mol. The van der Waals surface area contributed by atoms with Crippen LogP contribution in [0.1, 0.15) is 52.4 Å². The van der Waals surface area contributed by atoms with Gasteiger partial charge in [0.15, 0.2) is 0 Å². The SMILES string of the molecule is CC1(C)CCC(NCC2(CC#N)CC2)C1. The van der Waals surface area contributed by atoms with Gasteiger partial charge in [0.1, 0.15) is 0 Å². The van der Waals surface area contributed by atoms with Crippen molar-refractivity contribution in [2.75, 3.05) is 6.54 Å². The Balaban J connectivity index is 1.73. The Kier molecular flexibility index (Phi) is 2.77. The van der Waals surface area contributed by atoms with Gasteiger partial charge in [0.25, 0.3) is 0 Å². The molecule has 2 aliphatic carbocycles. The van der Waals surface area contributed by atoms with Gasteiger partial charge in [-0.15, -0.1) is 0 Å². The normalized spacial score (nSPS) is 31.1. The van der Waals surface area contributed by atoms with E-state index in [9.17, 15) is 0 Å². The van der Waals surface area contributed by atoms with Crippen LogP contribution in [-0.4, -0.2) is 12.6 Å². The number of nitrogens with one attached hydrogen (secondary N) is 1. The molecule has 0 spiro atoms. The van der Waals surface area contributed by atoms with Crippen LogP contribution in [-0.2, 0) is 0 Å². The van der Waals surface area contributed by atoms with Gasteiger partial charge in [0.05, 0.1) is 6.07 Å². The molecule has 0 bridgehead atoms. The fraction of sp³-hybridized carbons (Fsp3) is 0.923. The standard InChI is InChI=1S/C13H22N2/c1-12(2)4-3-11(9-12)15-10-13(5-6-13)7-8-14/h11,15H,3-7,9-10H2,1-2H3. The number of hydrogen-bond acceptors (Lipinski definition) is 2. The lowest BCUT2D eigenvalue weighted by molar-refractivity contribution is 0.352. The zero-order valence-corrected chi connectivity index (χ0v) is 9.97. The van der Waals surface area contributed by atoms with Gasteiger partial charge < -0.3 is 5.32 Å². The largest absolute Gasteiger partial charge is 0.313 e. The fourth-order valence-corrected chi connectivity index (χ4v) is 2.73. The first kappa shape index (κ1) is 11.0. The van der Waals surface area contributed by atoms with Crippen LogP contribution in [0.2, 0.25) is 0 Å². The van der Waals surface area contributed by atoms with Crippen LogP contribution < -0.4 is 5.32 Å². The molecule has 0 heterocycles. The van der Waals surface area contributed by atoms with Gasteiger partial charge in [0, 0.05) is 19.0 Å². The van der Waals surface area contributed by atoms with Crippen LogP contribution in [0.4, 0.5) is 0 Å². The Bertz CT molecular complexity index is 271. The van der Waals surface area contributed by atoms with Crippen LogP contribution >= 0.6 is 0 Å². The second-order valence-corrected chi connectivity index (χ2v) is 6.32. The van der Waals surface area contributed by atoms with Crippen molar-refractivity contribution in [1.82, 2.24) is 5.32 Å². The van der Waals surface area contributed by atoms with Gasteiger partial charge >= 0.3 is 0 Å². The first-order valence-corrected chi connectivity index (χ1v) is 6.16. The minimum absolute atomic E-state index is 0.363. The lowest BCUT2D eigenvalue weighted by Gasteiger charge is -2.20. The molecule has 1 unspecified atom stereocenters. The highest BCUT2D eigenvalue weighted by Crippen LogP contribution is 2.48. The highest BCUT2D eigenvalue weighted by Gasteiger charge is 2.43. The Morgan fingerprint density at radius 3 is 2.53 bits per heavy atom. The molecule has 0 radical (unpaired) electrons. The van der Waals surface area contributed by atoms with Crippen molar-refractivity contribution in [3.05, 3.63) is 0 Å². The molecule has 2 aliphatic rings. The third-order valence-corrected chi connectivity index (χ3v) is 4.15. The summed E-state index contributed by atoms with van der Waals surface area (Å²) in [4.78, 5) is 0. The molecule has 0 aromatic heterocycles. The van der Waals surface area contributed by atoms with Crippen LogP contribution in [0.5, 0.6) is 0 Å². The summed E-state index contributed by atoms with van der Waals surface area (Å²) in [6.07, 6.45) is 7.21. The number of nitrogens with zero attached hydrogens (tertiary/aromatic N) is 1. The molecule has 1 N–H and O–H groups in total. The Morgan fingerprint density at radius 1 is 1.33 bits per heavy atom. The van der Waals surface area contributed by atoms with Gasteiger partial charge in [-0.1, -0.05) is 13.8 Å². The summed E-state index contributed by atoms with van der Waals surface area (Å²) < 4.78 is 0. The van der Waals surface area contributed by atoms with Crippen molar-refractivity contribution in [3.8, 4) is 6.07 Å². The molecule has 0 aromatic rings. The smallest absolute Gasteiger partial charge is 0.0628 e. The highest BCUT2D eigenvalue weighted by atomic mass is 14.9. The molecule has 1 atom stereocenters. The molecule has 15 heavy (non-hydrogen) atoms. The first-order valence-electron chi connectivity index (χ1n) is 6.16. The highest BCUT2D eigenvalue weighted by molar-refractivity contribution is 5.01. The lowest BCUT2D eigenvalue weighted by atomic mass is 9.91. The summed E-state index contributed by atoms with van der Waals surface area (Å²) in [5.41, 5.74) is 0.894. The van der Waals surface area contributed by atoms with Crippen LogP contribution in [0.25, 0.3) is 0 Å². The van der Waals surface area contributed by atoms with Gasteiger partial charge in [0.2, 0.25) is 0 Å². The van der Waals surface area contributed by atoms with E-state index in [1.165, 1.54) is 32.1 Å². The molecule has 2 rings (SSSR count). The van der Waals surface area contributed by atoms with Crippen molar-refractivity contribution >= 4 is 0 Å². The summed E-state index contributed by atoms with van der Waals surface area (Å²) in [6.45, 7) is 5.79. The van der Waals surface area contributed by atoms with Gasteiger partial charge in [-0.05, 0) is 42.9 Å². The molecule has 2 fully saturated rings. The Hall–Kier alpha value is -0.550. The van der Waals surface area contributed by atoms with E-state index in [4.69, 9.17) is 5.26 Å². The predicted octanol–water partition coefficient (Wildman–Crippen LogP) is 2.85. The van der Waals surface area contributed by atoms with Crippen molar-refractivity contribution in [2.45, 2.75) is 58.4 Å². The van der Waals surface area contributed by atoms with Crippen molar-refractivity contribution in [1.29, 1.82) is 5.26 Å². The summed E-state index contributed by atoms with van der Waals surface area (Å²) in [6, 6.07) is 3.03. The zero-order valence-electron chi connectivity index (χ0n) is 9.97. The summed E-state index contributed by atoms with van der Waals surface area (Å²) in [7, 11) is 0. The number of rotatable bonds is 4. The van der Waals surface area contributed by atoms with Crippen molar-refractivity contribution in [2.24, 2.45) is 10.8 Å². The molecule has 2 saturated carbocycles. The lowest BCUT2D eigenvalue weighted by Crippen LogP contribution is -2.32. The summed E-state index contributed by atoms with van der Waals surface area (Å²) in [5.74, 6) is 0. The minimum Gasteiger partial charge on any atom is -0.313 e. The van der Waals surface area contributed by atoms with E-state index in [0.717, 1.165) is 13.0 Å². The predicted molar refractivity (Wildman–Crippen MR) is 61.3 cm³/mol. The second kappa shape index (κ2) is 3.79. The molecule has 0 aliphatic heterocycles. The maximum Gasteiger partial charge on any atom is 0.0628 e. The van der Waals surface area contributed by atoms with E-state index in [0.29, 0.717) is 16.9 Å².